The summed E-state index contributed by atoms with van der Waals surface area (Å²) in [6.45, 7) is 3.71. The van der Waals surface area contributed by atoms with E-state index in [9.17, 15) is 10.2 Å². The zero-order chi connectivity index (χ0) is 21.5. The normalized spacial score (nSPS) is 19.4. The summed E-state index contributed by atoms with van der Waals surface area (Å²) in [5, 5.41) is 20.0. The third-order valence-corrected chi connectivity index (χ3v) is 5.27. The van der Waals surface area contributed by atoms with Crippen molar-refractivity contribution in [3.63, 3.8) is 0 Å². The minimum atomic E-state index is -1.18. The second-order valence-electron chi connectivity index (χ2n) is 8.23. The Labute approximate surface area is 174 Å². The molecule has 9 heteroatoms. The Morgan fingerprint density at radius 3 is 2.70 bits per heavy atom. The number of ether oxygens (including phenoxy) is 2. The van der Waals surface area contributed by atoms with Crippen LogP contribution in [0, 0.1) is 0 Å². The predicted octanol–water partition coefficient (Wildman–Crippen LogP) is 1.94. The number of nitrogens with zero attached hydrogens (tertiary/aromatic N) is 4. The maximum atomic E-state index is 10.3. The van der Waals surface area contributed by atoms with E-state index in [1.807, 2.05) is 22.8 Å². The van der Waals surface area contributed by atoms with Gasteiger partial charge in [0.1, 0.15) is 11.7 Å². The van der Waals surface area contributed by atoms with E-state index in [1.165, 1.54) is 0 Å². The van der Waals surface area contributed by atoms with Crippen LogP contribution >= 0.6 is 0 Å². The van der Waals surface area contributed by atoms with Crippen molar-refractivity contribution in [2.24, 2.45) is 0 Å². The molecule has 4 N–H and O–H groups in total. The summed E-state index contributed by atoms with van der Waals surface area (Å²) >= 11 is 0. The Kier molecular flexibility index (Phi) is 5.25. The lowest BCUT2D eigenvalue weighted by Gasteiger charge is -2.18. The third-order valence-electron chi connectivity index (χ3n) is 5.27. The van der Waals surface area contributed by atoms with Crippen molar-refractivity contribution < 1.29 is 19.7 Å². The molecule has 2 atom stereocenters. The first-order valence-corrected chi connectivity index (χ1v) is 9.97. The molecule has 0 spiro atoms. The van der Waals surface area contributed by atoms with Crippen molar-refractivity contribution in [2.75, 3.05) is 12.8 Å². The number of aliphatic hydroxyl groups is 2. The number of nitrogen functional groups attached to an aromatic ring is 1. The van der Waals surface area contributed by atoms with Crippen molar-refractivity contribution in [1.82, 2.24) is 19.5 Å². The highest BCUT2D eigenvalue weighted by Crippen LogP contribution is 2.34. The summed E-state index contributed by atoms with van der Waals surface area (Å²) in [5.41, 5.74) is 6.20. The number of aromatic nitrogens is 4. The average molecular weight is 413 g/mol. The van der Waals surface area contributed by atoms with Crippen LogP contribution in [0.5, 0.6) is 11.5 Å². The number of nitrogens with two attached hydrogens (primary N) is 1. The summed E-state index contributed by atoms with van der Waals surface area (Å²) in [6.07, 6.45) is 3.45. The Morgan fingerprint density at radius 1 is 1.23 bits per heavy atom. The molecule has 0 saturated heterocycles. The molecule has 1 saturated carbocycles. The van der Waals surface area contributed by atoms with Crippen LogP contribution in [-0.4, -0.2) is 49.0 Å². The van der Waals surface area contributed by atoms with Crippen LogP contribution < -0.4 is 15.2 Å². The standard InChI is InChI=1S/C21H27N5O4/c1-21(2,28)20-24-17-18(22)23-11-26(19(17)25-20)10-12-4-7-15(29-3)16(8-12)30-14-6-5-13(27)9-14/h4,7-8,11,13-14,27-28H,5-6,9-10,22H2,1-3H3. The van der Waals surface area contributed by atoms with Gasteiger partial charge < -0.3 is 30.0 Å². The Balaban J connectivity index is 1.64. The van der Waals surface area contributed by atoms with Crippen molar-refractivity contribution in [1.29, 1.82) is 0 Å². The predicted molar refractivity (Wildman–Crippen MR) is 110 cm³/mol. The van der Waals surface area contributed by atoms with Crippen LogP contribution in [0.2, 0.25) is 0 Å². The number of aliphatic hydroxyl groups excluding tert-OH is 1. The molecule has 1 aromatic carbocycles. The molecule has 2 heterocycles. The molecule has 0 bridgehead atoms. The minimum Gasteiger partial charge on any atom is -0.493 e. The number of rotatable bonds is 6. The van der Waals surface area contributed by atoms with E-state index in [0.717, 1.165) is 18.4 Å². The van der Waals surface area contributed by atoms with Gasteiger partial charge in [0, 0.05) is 6.42 Å². The number of benzene rings is 1. The zero-order valence-electron chi connectivity index (χ0n) is 17.4. The second-order valence-corrected chi connectivity index (χ2v) is 8.23. The van der Waals surface area contributed by atoms with E-state index < -0.39 is 5.60 Å². The molecule has 30 heavy (non-hydrogen) atoms. The van der Waals surface area contributed by atoms with E-state index in [1.54, 1.807) is 27.3 Å². The molecule has 2 aliphatic heterocycles. The molecule has 1 aromatic rings. The monoisotopic (exact) mass is 413 g/mol. The first kappa shape index (κ1) is 20.4. The highest BCUT2D eigenvalue weighted by molar-refractivity contribution is 5.65. The Hall–Kier alpha value is -2.91. The minimum absolute atomic E-state index is 0.0306. The molecule has 0 aromatic heterocycles. The van der Waals surface area contributed by atoms with Gasteiger partial charge in [-0.25, -0.2) is 15.0 Å². The van der Waals surface area contributed by atoms with Crippen LogP contribution in [-0.2, 0) is 12.1 Å². The summed E-state index contributed by atoms with van der Waals surface area (Å²) in [6, 6.07) is 5.72. The summed E-state index contributed by atoms with van der Waals surface area (Å²) in [4.78, 5) is 13.1. The zero-order valence-corrected chi connectivity index (χ0v) is 17.4. The molecule has 1 fully saturated rings. The Bertz CT molecular complexity index is 1010. The van der Waals surface area contributed by atoms with Gasteiger partial charge in [0.05, 0.1) is 26.1 Å². The fourth-order valence-electron chi connectivity index (χ4n) is 3.66. The highest BCUT2D eigenvalue weighted by Gasteiger charge is 2.28. The van der Waals surface area contributed by atoms with Gasteiger partial charge in [-0.15, -0.1) is 0 Å². The highest BCUT2D eigenvalue weighted by atomic mass is 16.5. The van der Waals surface area contributed by atoms with Gasteiger partial charge >= 0.3 is 0 Å². The van der Waals surface area contributed by atoms with Gasteiger partial charge in [0.15, 0.2) is 34.7 Å². The fraction of sp³-hybridized carbons (Fsp3) is 0.476. The van der Waals surface area contributed by atoms with Crippen LogP contribution in [0.3, 0.4) is 0 Å². The molecule has 1 aliphatic carbocycles. The molecular weight excluding hydrogens is 386 g/mol. The van der Waals surface area contributed by atoms with E-state index >= 15 is 0 Å². The maximum Gasteiger partial charge on any atom is 0.166 e. The molecular formula is C21H27N5O4. The quantitative estimate of drug-likeness (QED) is 0.559. The summed E-state index contributed by atoms with van der Waals surface area (Å²) < 4.78 is 13.4. The number of hydrogen-bond acceptors (Lipinski definition) is 8. The summed E-state index contributed by atoms with van der Waals surface area (Å²) in [7, 11) is 1.60. The Morgan fingerprint density at radius 2 is 2.03 bits per heavy atom. The lowest BCUT2D eigenvalue weighted by molar-refractivity contribution is 0.0698. The maximum absolute atomic E-state index is 10.3. The van der Waals surface area contributed by atoms with Crippen molar-refractivity contribution in [3.05, 3.63) is 35.9 Å². The molecule has 0 radical (unpaired) electrons. The van der Waals surface area contributed by atoms with Gasteiger partial charge in [-0.1, -0.05) is 6.07 Å². The fourth-order valence-corrected chi connectivity index (χ4v) is 3.66. The first-order valence-electron chi connectivity index (χ1n) is 9.97. The third kappa shape index (κ3) is 4.03. The smallest absolute Gasteiger partial charge is 0.166 e. The van der Waals surface area contributed by atoms with Crippen LogP contribution in [0.15, 0.2) is 24.5 Å². The number of imidazole rings is 1. The molecule has 4 rings (SSSR count). The van der Waals surface area contributed by atoms with Crippen LogP contribution in [0.25, 0.3) is 11.5 Å². The second kappa shape index (κ2) is 7.73. The van der Waals surface area contributed by atoms with E-state index in [-0.39, 0.29) is 18.0 Å². The topological polar surface area (TPSA) is 129 Å². The molecule has 3 aliphatic rings. The number of anilines is 1. The van der Waals surface area contributed by atoms with E-state index in [2.05, 4.69) is 15.0 Å². The van der Waals surface area contributed by atoms with E-state index in [4.69, 9.17) is 15.2 Å². The molecule has 2 unspecified atom stereocenters. The van der Waals surface area contributed by atoms with Crippen LogP contribution in [0.4, 0.5) is 5.82 Å². The van der Waals surface area contributed by atoms with Crippen molar-refractivity contribution >= 4 is 5.82 Å². The van der Waals surface area contributed by atoms with Gasteiger partial charge in [0.25, 0.3) is 0 Å². The van der Waals surface area contributed by atoms with Crippen molar-refractivity contribution in [2.45, 2.75) is 57.5 Å². The number of methoxy groups -OCH3 is 1. The molecule has 160 valence electrons. The van der Waals surface area contributed by atoms with Crippen molar-refractivity contribution in [3.8, 4) is 23.0 Å². The average Bonchev–Trinajstić information content (AvgIpc) is 3.31. The van der Waals surface area contributed by atoms with Gasteiger partial charge in [-0.2, -0.15) is 0 Å². The van der Waals surface area contributed by atoms with Crippen LogP contribution in [0.1, 0.15) is 44.5 Å². The first-order chi connectivity index (χ1) is 14.2. The molecule has 0 amide bonds. The number of fused-ring (bicyclic) bond motifs is 1. The van der Waals surface area contributed by atoms with Gasteiger partial charge in [-0.3, -0.25) is 0 Å². The number of hydrogen-bond donors (Lipinski definition) is 3. The summed E-state index contributed by atoms with van der Waals surface area (Å²) in [5.74, 6) is 2.40. The lowest BCUT2D eigenvalue weighted by Crippen LogP contribution is -2.17. The molecule has 9 nitrogen and oxygen atoms in total. The largest absolute Gasteiger partial charge is 0.493 e. The van der Waals surface area contributed by atoms with Gasteiger partial charge in [-0.05, 0) is 44.4 Å². The van der Waals surface area contributed by atoms with Gasteiger partial charge in [0.2, 0.25) is 0 Å². The SMILES string of the molecule is COc1ccc(Cn2cnc(N)c3nc(C(C)(C)O)nc2-3)cc1OC1CCC(O)C1. The lowest BCUT2D eigenvalue weighted by atomic mass is 10.1. The van der Waals surface area contributed by atoms with E-state index in [0.29, 0.717) is 41.8 Å².